The Hall–Kier alpha value is -0.0800. The van der Waals surface area contributed by atoms with E-state index in [0.29, 0.717) is 0 Å². The van der Waals surface area contributed by atoms with E-state index >= 15 is 0 Å². The minimum Gasteiger partial charge on any atom is -0.314 e. The summed E-state index contributed by atoms with van der Waals surface area (Å²) in [5, 5.41) is 3.77. The Bertz CT molecular complexity index is 157. The van der Waals surface area contributed by atoms with Crippen molar-refractivity contribution in [3.05, 3.63) is 0 Å². The molecule has 0 aromatic carbocycles. The molecule has 1 N–H and O–H groups in total. The van der Waals surface area contributed by atoms with Gasteiger partial charge in [-0.1, -0.05) is 26.7 Å². The van der Waals surface area contributed by atoms with E-state index in [1.54, 1.807) is 0 Å². The molecule has 1 atom stereocenters. The summed E-state index contributed by atoms with van der Waals surface area (Å²) in [6.45, 7) is 8.41. The van der Waals surface area contributed by atoms with Gasteiger partial charge in [0.15, 0.2) is 0 Å². The van der Waals surface area contributed by atoms with Crippen LogP contribution in [0, 0.1) is 5.92 Å². The van der Waals surface area contributed by atoms with E-state index in [0.717, 1.165) is 12.0 Å². The van der Waals surface area contributed by atoms with Gasteiger partial charge >= 0.3 is 0 Å². The lowest BCUT2D eigenvalue weighted by atomic mass is 9.96. The van der Waals surface area contributed by atoms with Crippen LogP contribution in [0.4, 0.5) is 0 Å². The van der Waals surface area contributed by atoms with Crippen molar-refractivity contribution in [1.82, 2.24) is 10.2 Å². The van der Waals surface area contributed by atoms with Crippen LogP contribution >= 0.6 is 0 Å². The fourth-order valence-electron chi connectivity index (χ4n) is 2.50. The van der Waals surface area contributed by atoms with Crippen LogP contribution in [0.5, 0.6) is 0 Å². The van der Waals surface area contributed by atoms with E-state index in [2.05, 4.69) is 31.1 Å². The van der Waals surface area contributed by atoms with Gasteiger partial charge in [-0.05, 0) is 58.3 Å². The quantitative estimate of drug-likeness (QED) is 0.718. The summed E-state index contributed by atoms with van der Waals surface area (Å²) in [7, 11) is 2.24. The van der Waals surface area contributed by atoms with Crippen molar-refractivity contribution in [1.29, 1.82) is 0 Å². The molecule has 0 aromatic rings. The molecule has 96 valence electrons. The number of nitrogens with one attached hydrogen (secondary N) is 1. The lowest BCUT2D eigenvalue weighted by Crippen LogP contribution is -2.38. The van der Waals surface area contributed by atoms with E-state index < -0.39 is 0 Å². The minimum atomic E-state index is 0.764. The van der Waals surface area contributed by atoms with Crippen LogP contribution in [0.1, 0.15) is 52.4 Å². The van der Waals surface area contributed by atoms with Crippen molar-refractivity contribution >= 4 is 0 Å². The second-order valence-corrected chi connectivity index (χ2v) is 5.40. The van der Waals surface area contributed by atoms with Crippen LogP contribution in [0.15, 0.2) is 0 Å². The van der Waals surface area contributed by atoms with Crippen LogP contribution in [0.25, 0.3) is 0 Å². The summed E-state index contributed by atoms with van der Waals surface area (Å²) in [6, 6.07) is 0.764. The molecule has 0 bridgehead atoms. The number of hydrogen-bond donors (Lipinski definition) is 1. The van der Waals surface area contributed by atoms with Crippen LogP contribution in [-0.4, -0.2) is 37.6 Å². The largest absolute Gasteiger partial charge is 0.314 e. The molecule has 0 aromatic heterocycles. The summed E-state index contributed by atoms with van der Waals surface area (Å²) in [5.41, 5.74) is 0. The first kappa shape index (κ1) is 14.0. The molecule has 16 heavy (non-hydrogen) atoms. The first-order chi connectivity index (χ1) is 7.76. The minimum absolute atomic E-state index is 0.764. The maximum absolute atomic E-state index is 3.77. The Morgan fingerprint density at radius 1 is 1.25 bits per heavy atom. The molecular weight excluding hydrogens is 196 g/mol. The third-order valence-corrected chi connectivity index (χ3v) is 3.93. The molecule has 1 aliphatic rings. The molecule has 2 heteroatoms. The molecule has 1 saturated heterocycles. The van der Waals surface area contributed by atoms with Crippen molar-refractivity contribution in [2.75, 3.05) is 26.7 Å². The zero-order chi connectivity index (χ0) is 11.8. The topological polar surface area (TPSA) is 15.3 Å². The lowest BCUT2D eigenvalue weighted by molar-refractivity contribution is 0.211. The molecule has 1 rings (SSSR count). The van der Waals surface area contributed by atoms with Gasteiger partial charge in [0.1, 0.15) is 0 Å². The zero-order valence-corrected chi connectivity index (χ0v) is 11.5. The lowest BCUT2D eigenvalue weighted by Gasteiger charge is -2.30. The highest BCUT2D eigenvalue weighted by atomic mass is 15.1. The van der Waals surface area contributed by atoms with Gasteiger partial charge < -0.3 is 10.2 Å². The van der Waals surface area contributed by atoms with E-state index in [-0.39, 0.29) is 0 Å². The van der Waals surface area contributed by atoms with Gasteiger partial charge in [0.25, 0.3) is 0 Å². The van der Waals surface area contributed by atoms with Crippen LogP contribution in [0.3, 0.4) is 0 Å². The highest BCUT2D eigenvalue weighted by Gasteiger charge is 2.17. The van der Waals surface area contributed by atoms with Gasteiger partial charge in [0, 0.05) is 6.04 Å². The molecule has 0 aliphatic carbocycles. The van der Waals surface area contributed by atoms with E-state index in [4.69, 9.17) is 0 Å². The van der Waals surface area contributed by atoms with Gasteiger partial charge in [-0.15, -0.1) is 0 Å². The molecule has 0 radical (unpaired) electrons. The van der Waals surface area contributed by atoms with Crippen LogP contribution in [-0.2, 0) is 0 Å². The molecule has 0 amide bonds. The number of likely N-dealkylation sites (tertiary alicyclic amines) is 1. The zero-order valence-electron chi connectivity index (χ0n) is 11.5. The maximum Gasteiger partial charge on any atom is 0.00645 e. The summed E-state index contributed by atoms with van der Waals surface area (Å²) < 4.78 is 0. The molecule has 2 nitrogen and oxygen atoms in total. The first-order valence-corrected chi connectivity index (χ1v) is 7.18. The maximum atomic E-state index is 3.77. The standard InChI is InChI=1S/C14H30N2/c1-4-6-7-14(5-2)15-12-13-8-10-16(3)11-9-13/h13-15H,4-12H2,1-3H3. The Kier molecular flexibility index (Phi) is 7.06. The summed E-state index contributed by atoms with van der Waals surface area (Å²) in [5.74, 6) is 0.923. The molecule has 0 saturated carbocycles. The number of unbranched alkanes of at least 4 members (excludes halogenated alkanes) is 1. The number of piperidine rings is 1. The summed E-state index contributed by atoms with van der Waals surface area (Å²) in [4.78, 5) is 2.45. The van der Waals surface area contributed by atoms with E-state index in [1.807, 2.05) is 0 Å². The van der Waals surface area contributed by atoms with Gasteiger partial charge in [0.2, 0.25) is 0 Å². The van der Waals surface area contributed by atoms with Crippen molar-refractivity contribution in [3.8, 4) is 0 Å². The third-order valence-electron chi connectivity index (χ3n) is 3.93. The Labute approximate surface area is 102 Å². The number of hydrogen-bond acceptors (Lipinski definition) is 2. The van der Waals surface area contributed by atoms with Gasteiger partial charge in [-0.2, -0.15) is 0 Å². The Balaban J connectivity index is 2.11. The Morgan fingerprint density at radius 2 is 1.94 bits per heavy atom. The predicted octanol–water partition coefficient (Wildman–Crippen LogP) is 2.89. The Morgan fingerprint density at radius 3 is 2.50 bits per heavy atom. The first-order valence-electron chi connectivity index (χ1n) is 7.18. The molecular formula is C14H30N2. The smallest absolute Gasteiger partial charge is 0.00645 e. The van der Waals surface area contributed by atoms with Crippen molar-refractivity contribution in [3.63, 3.8) is 0 Å². The molecule has 1 fully saturated rings. The van der Waals surface area contributed by atoms with Crippen LogP contribution < -0.4 is 5.32 Å². The highest BCUT2D eigenvalue weighted by molar-refractivity contribution is 4.74. The normalized spacial score (nSPS) is 21.2. The fraction of sp³-hybridized carbons (Fsp3) is 1.00. The third kappa shape index (κ3) is 5.31. The van der Waals surface area contributed by atoms with Crippen molar-refractivity contribution in [2.45, 2.75) is 58.4 Å². The number of nitrogens with zero attached hydrogens (tertiary/aromatic N) is 1. The highest BCUT2D eigenvalue weighted by Crippen LogP contribution is 2.15. The average molecular weight is 226 g/mol. The van der Waals surface area contributed by atoms with E-state index in [9.17, 15) is 0 Å². The van der Waals surface area contributed by atoms with Gasteiger partial charge in [-0.3, -0.25) is 0 Å². The van der Waals surface area contributed by atoms with E-state index in [1.165, 1.54) is 58.2 Å². The monoisotopic (exact) mass is 226 g/mol. The van der Waals surface area contributed by atoms with Gasteiger partial charge in [0.05, 0.1) is 0 Å². The molecule has 1 unspecified atom stereocenters. The molecule has 1 heterocycles. The molecule has 0 spiro atoms. The SMILES string of the molecule is CCCCC(CC)NCC1CCN(C)CC1. The summed E-state index contributed by atoms with van der Waals surface area (Å²) >= 11 is 0. The summed E-state index contributed by atoms with van der Waals surface area (Å²) in [6.07, 6.45) is 8.11. The molecule has 1 aliphatic heterocycles. The van der Waals surface area contributed by atoms with Crippen LogP contribution in [0.2, 0.25) is 0 Å². The fourth-order valence-corrected chi connectivity index (χ4v) is 2.50. The van der Waals surface area contributed by atoms with Gasteiger partial charge in [-0.25, -0.2) is 0 Å². The number of rotatable bonds is 7. The second kappa shape index (κ2) is 8.08. The predicted molar refractivity (Wildman–Crippen MR) is 71.8 cm³/mol. The second-order valence-electron chi connectivity index (χ2n) is 5.40. The van der Waals surface area contributed by atoms with Crippen molar-refractivity contribution < 1.29 is 0 Å². The van der Waals surface area contributed by atoms with Crippen molar-refractivity contribution in [2.24, 2.45) is 5.92 Å². The average Bonchev–Trinajstić information content (AvgIpc) is 2.32.